The van der Waals surface area contributed by atoms with Gasteiger partial charge in [-0.3, -0.25) is 0 Å². The molecule has 0 spiro atoms. The van der Waals surface area contributed by atoms with E-state index in [4.69, 9.17) is 4.74 Å². The van der Waals surface area contributed by atoms with Gasteiger partial charge in [-0.2, -0.15) is 0 Å². The van der Waals surface area contributed by atoms with Crippen molar-refractivity contribution in [3.05, 3.63) is 0 Å². The van der Waals surface area contributed by atoms with Gasteiger partial charge >= 0.3 is 0 Å². The standard InChI is InChI=1S/C4H14OSi2/c6-3-1-5-2-4-7/h1-4H2,6-7H3. The number of ether oxygens (including phenoxy) is 1. The summed E-state index contributed by atoms with van der Waals surface area (Å²) in [6.45, 7) is 2.02. The Balaban J connectivity index is 2.45. The van der Waals surface area contributed by atoms with Gasteiger partial charge in [0.25, 0.3) is 0 Å². The molecule has 0 radical (unpaired) electrons. The Morgan fingerprint density at radius 2 is 1.43 bits per heavy atom. The van der Waals surface area contributed by atoms with Crippen LogP contribution in [-0.4, -0.2) is 33.7 Å². The Hall–Kier alpha value is 0.394. The van der Waals surface area contributed by atoms with Gasteiger partial charge in [-0.15, -0.1) is 0 Å². The smallest absolute Gasteiger partial charge is 0.0434 e. The zero-order valence-corrected chi connectivity index (χ0v) is 9.24. The van der Waals surface area contributed by atoms with Crippen LogP contribution in [-0.2, 0) is 4.74 Å². The first-order chi connectivity index (χ1) is 3.41. The van der Waals surface area contributed by atoms with Crippen molar-refractivity contribution in [3.8, 4) is 0 Å². The van der Waals surface area contributed by atoms with Gasteiger partial charge in [-0.25, -0.2) is 0 Å². The van der Waals surface area contributed by atoms with Crippen LogP contribution in [0.15, 0.2) is 0 Å². The van der Waals surface area contributed by atoms with Gasteiger partial charge in [-0.1, -0.05) is 0 Å². The zero-order chi connectivity index (χ0) is 5.54. The van der Waals surface area contributed by atoms with Crippen LogP contribution < -0.4 is 0 Å². The second-order valence-electron chi connectivity index (χ2n) is 1.61. The van der Waals surface area contributed by atoms with Gasteiger partial charge < -0.3 is 4.74 Å². The molecule has 44 valence electrons. The Morgan fingerprint density at radius 1 is 1.00 bits per heavy atom. The predicted octanol–water partition coefficient (Wildman–Crippen LogP) is -1.43. The van der Waals surface area contributed by atoms with Crippen LogP contribution in [0.3, 0.4) is 0 Å². The van der Waals surface area contributed by atoms with Crippen molar-refractivity contribution >= 4 is 20.5 Å². The van der Waals surface area contributed by atoms with Crippen molar-refractivity contribution < 1.29 is 4.74 Å². The fraction of sp³-hybridized carbons (Fsp3) is 1.00. The van der Waals surface area contributed by atoms with E-state index in [0.29, 0.717) is 0 Å². The minimum Gasteiger partial charge on any atom is -0.382 e. The number of hydrogen-bond donors (Lipinski definition) is 0. The molecule has 7 heavy (non-hydrogen) atoms. The maximum absolute atomic E-state index is 5.20. The average molecular weight is 134 g/mol. The highest BCUT2D eigenvalue weighted by Gasteiger charge is 1.78. The van der Waals surface area contributed by atoms with Crippen molar-refractivity contribution in [2.45, 2.75) is 12.1 Å². The molecule has 0 unspecified atom stereocenters. The van der Waals surface area contributed by atoms with Crippen LogP contribution in [0.25, 0.3) is 0 Å². The second-order valence-corrected chi connectivity index (χ2v) is 3.61. The first-order valence-electron chi connectivity index (χ1n) is 2.99. The number of rotatable bonds is 4. The largest absolute Gasteiger partial charge is 0.382 e. The van der Waals surface area contributed by atoms with Crippen LogP contribution >= 0.6 is 0 Å². The molecule has 0 saturated carbocycles. The summed E-state index contributed by atoms with van der Waals surface area (Å²) in [6, 6.07) is 2.59. The molecular weight excluding hydrogens is 120 g/mol. The van der Waals surface area contributed by atoms with E-state index < -0.39 is 0 Å². The molecule has 0 atom stereocenters. The fourth-order valence-corrected chi connectivity index (χ4v) is 0.968. The van der Waals surface area contributed by atoms with Gasteiger partial charge in [0.1, 0.15) is 0 Å². The third-order valence-electron chi connectivity index (χ3n) is 0.697. The summed E-state index contributed by atoms with van der Waals surface area (Å²) in [5.74, 6) is 0. The van der Waals surface area contributed by atoms with E-state index in [2.05, 4.69) is 0 Å². The minimum absolute atomic E-state index is 1.01. The van der Waals surface area contributed by atoms with E-state index in [9.17, 15) is 0 Å². The number of hydrogen-bond acceptors (Lipinski definition) is 1. The molecule has 3 heteroatoms. The van der Waals surface area contributed by atoms with Crippen LogP contribution in [0.1, 0.15) is 0 Å². The molecule has 0 aromatic rings. The maximum atomic E-state index is 5.20. The molecule has 0 bridgehead atoms. The highest BCUT2D eigenvalue weighted by atomic mass is 28.1. The monoisotopic (exact) mass is 134 g/mol. The summed E-state index contributed by atoms with van der Waals surface area (Å²) < 4.78 is 5.20. The Bertz CT molecular complexity index is 28.9. The molecule has 0 aromatic carbocycles. The molecule has 0 saturated heterocycles. The second kappa shape index (κ2) is 6.39. The molecule has 0 rings (SSSR count). The van der Waals surface area contributed by atoms with Gasteiger partial charge in [0.05, 0.1) is 0 Å². The summed E-state index contributed by atoms with van der Waals surface area (Å²) in [5, 5.41) is 0. The first-order valence-corrected chi connectivity index (χ1v) is 5.82. The summed E-state index contributed by atoms with van der Waals surface area (Å²) in [5.41, 5.74) is 0. The Labute approximate surface area is 51.3 Å². The van der Waals surface area contributed by atoms with Gasteiger partial charge in [0.2, 0.25) is 0 Å². The van der Waals surface area contributed by atoms with E-state index in [1.54, 1.807) is 0 Å². The highest BCUT2D eigenvalue weighted by Crippen LogP contribution is 1.79. The Morgan fingerprint density at radius 3 is 1.71 bits per heavy atom. The van der Waals surface area contributed by atoms with Crippen LogP contribution in [0.5, 0.6) is 0 Å². The molecule has 0 fully saturated rings. The van der Waals surface area contributed by atoms with Crippen LogP contribution in [0.2, 0.25) is 12.1 Å². The lowest BCUT2D eigenvalue weighted by molar-refractivity contribution is 0.162. The summed E-state index contributed by atoms with van der Waals surface area (Å²) in [4.78, 5) is 0. The zero-order valence-electron chi connectivity index (χ0n) is 5.24. The van der Waals surface area contributed by atoms with Crippen molar-refractivity contribution in [1.82, 2.24) is 0 Å². The van der Waals surface area contributed by atoms with Crippen molar-refractivity contribution in [3.63, 3.8) is 0 Å². The van der Waals surface area contributed by atoms with Crippen molar-refractivity contribution in [2.75, 3.05) is 13.2 Å². The summed E-state index contributed by atoms with van der Waals surface area (Å²) in [6.07, 6.45) is 0. The highest BCUT2D eigenvalue weighted by molar-refractivity contribution is 6.08. The van der Waals surface area contributed by atoms with E-state index in [0.717, 1.165) is 13.2 Å². The van der Waals surface area contributed by atoms with Crippen LogP contribution in [0, 0.1) is 0 Å². The van der Waals surface area contributed by atoms with Gasteiger partial charge in [-0.05, 0) is 12.1 Å². The quantitative estimate of drug-likeness (QED) is 0.338. The molecule has 0 N–H and O–H groups in total. The molecule has 0 amide bonds. The average Bonchev–Trinajstić information content (AvgIpc) is 1.69. The lowest BCUT2D eigenvalue weighted by Crippen LogP contribution is -1.94. The molecule has 0 heterocycles. The summed E-state index contributed by atoms with van der Waals surface area (Å²) >= 11 is 0. The topological polar surface area (TPSA) is 9.23 Å². The molecule has 1 nitrogen and oxygen atoms in total. The van der Waals surface area contributed by atoms with Crippen LogP contribution in [0.4, 0.5) is 0 Å². The Kier molecular flexibility index (Phi) is 6.75. The molecule has 0 aliphatic heterocycles. The van der Waals surface area contributed by atoms with Gasteiger partial charge in [0, 0.05) is 33.7 Å². The van der Waals surface area contributed by atoms with E-state index >= 15 is 0 Å². The SMILES string of the molecule is [SiH3]CCOCC[SiH3]. The van der Waals surface area contributed by atoms with Gasteiger partial charge in [0.15, 0.2) is 0 Å². The predicted molar refractivity (Wildman–Crippen MR) is 40.3 cm³/mol. The van der Waals surface area contributed by atoms with E-state index in [-0.39, 0.29) is 0 Å². The molecule has 0 aliphatic rings. The first kappa shape index (κ1) is 7.39. The van der Waals surface area contributed by atoms with E-state index in [1.165, 1.54) is 32.6 Å². The molecule has 0 aromatic heterocycles. The third-order valence-corrected chi connectivity index (χ3v) is 1.51. The normalized spacial score (nSPS) is 10.3. The minimum atomic E-state index is 1.01. The lowest BCUT2D eigenvalue weighted by atomic mass is 10.8. The molecule has 0 aliphatic carbocycles. The lowest BCUT2D eigenvalue weighted by Gasteiger charge is -1.95. The van der Waals surface area contributed by atoms with Crippen molar-refractivity contribution in [1.29, 1.82) is 0 Å². The molecular formula is C4H14OSi2. The van der Waals surface area contributed by atoms with Crippen molar-refractivity contribution in [2.24, 2.45) is 0 Å². The van der Waals surface area contributed by atoms with E-state index in [1.807, 2.05) is 0 Å². The summed E-state index contributed by atoms with van der Waals surface area (Å²) in [7, 11) is 2.58. The third kappa shape index (κ3) is 6.39. The fourth-order valence-electron chi connectivity index (χ4n) is 0.391. The maximum Gasteiger partial charge on any atom is 0.0434 e.